The van der Waals surface area contributed by atoms with Gasteiger partial charge in [-0.15, -0.1) is 0 Å². The van der Waals surface area contributed by atoms with Gasteiger partial charge in [0, 0.05) is 17.8 Å². The summed E-state index contributed by atoms with van der Waals surface area (Å²) in [6.07, 6.45) is 10.8. The van der Waals surface area contributed by atoms with Gasteiger partial charge in [-0.25, -0.2) is 0 Å². The van der Waals surface area contributed by atoms with Gasteiger partial charge in [-0.3, -0.25) is 9.98 Å². The summed E-state index contributed by atoms with van der Waals surface area (Å²) in [5.74, 6) is 0.248. The van der Waals surface area contributed by atoms with Crippen molar-refractivity contribution in [3.8, 4) is 0 Å². The number of rotatable bonds is 4. The standard InChI is InChI=1S/C23H27BN2O2/c1-5-21(24(27)28)20-11-7-6-10-19(20)16(3)17(4)26-22-15(2)12-13-18-9-8-14-25-23(18)22/h6-14,18,23,27-28H,5H2,1-4H3/b19-16+,21-20+,26-17+. The highest BCUT2D eigenvalue weighted by Crippen LogP contribution is 2.30. The largest absolute Gasteiger partial charge is 0.484 e. The summed E-state index contributed by atoms with van der Waals surface area (Å²) in [6.45, 7) is 8.04. The first-order chi connectivity index (χ1) is 13.4. The van der Waals surface area contributed by atoms with Crippen LogP contribution in [0.3, 0.4) is 0 Å². The minimum absolute atomic E-state index is 0.0185. The van der Waals surface area contributed by atoms with Crippen LogP contribution in [0.25, 0.3) is 11.0 Å². The van der Waals surface area contributed by atoms with E-state index < -0.39 is 7.12 Å². The van der Waals surface area contributed by atoms with E-state index in [1.165, 1.54) is 0 Å². The molecule has 1 aliphatic heterocycles. The second kappa shape index (κ2) is 8.67. The van der Waals surface area contributed by atoms with Crippen LogP contribution in [0.15, 0.2) is 69.8 Å². The summed E-state index contributed by atoms with van der Waals surface area (Å²) in [5, 5.41) is 21.4. The molecule has 2 atom stereocenters. The molecule has 0 radical (unpaired) electrons. The summed E-state index contributed by atoms with van der Waals surface area (Å²) >= 11 is 0. The topological polar surface area (TPSA) is 65.2 Å². The highest BCUT2D eigenvalue weighted by molar-refractivity contribution is 6.63. The van der Waals surface area contributed by atoms with E-state index in [4.69, 9.17) is 4.99 Å². The molecular weight excluding hydrogens is 347 g/mol. The van der Waals surface area contributed by atoms with Gasteiger partial charge in [-0.1, -0.05) is 49.4 Å². The van der Waals surface area contributed by atoms with Crippen LogP contribution < -0.4 is 10.4 Å². The monoisotopic (exact) mass is 374 g/mol. The number of benzene rings is 1. The van der Waals surface area contributed by atoms with Gasteiger partial charge in [-0.05, 0) is 60.3 Å². The molecule has 144 valence electrons. The van der Waals surface area contributed by atoms with Crippen molar-refractivity contribution in [1.29, 1.82) is 0 Å². The molecule has 0 bridgehead atoms. The van der Waals surface area contributed by atoms with E-state index >= 15 is 0 Å². The molecule has 2 aliphatic rings. The van der Waals surface area contributed by atoms with Crippen molar-refractivity contribution in [3.63, 3.8) is 0 Å². The molecule has 5 heteroatoms. The fraction of sp³-hybridized carbons (Fsp3) is 0.304. The minimum Gasteiger partial charge on any atom is -0.423 e. The summed E-state index contributed by atoms with van der Waals surface area (Å²) in [5.41, 5.74) is 4.65. The molecule has 0 amide bonds. The number of dihydropyridines is 1. The van der Waals surface area contributed by atoms with Crippen molar-refractivity contribution in [3.05, 3.63) is 70.3 Å². The maximum absolute atomic E-state index is 9.78. The highest BCUT2D eigenvalue weighted by atomic mass is 16.4. The van der Waals surface area contributed by atoms with Crippen molar-refractivity contribution < 1.29 is 10.0 Å². The lowest BCUT2D eigenvalue weighted by atomic mass is 9.76. The molecule has 28 heavy (non-hydrogen) atoms. The van der Waals surface area contributed by atoms with Gasteiger partial charge in [0.15, 0.2) is 0 Å². The Morgan fingerprint density at radius 1 is 1.14 bits per heavy atom. The third-order valence-electron chi connectivity index (χ3n) is 5.48. The molecule has 1 aromatic carbocycles. The van der Waals surface area contributed by atoms with Crippen molar-refractivity contribution in [2.75, 3.05) is 0 Å². The lowest BCUT2D eigenvalue weighted by Crippen LogP contribution is -2.34. The van der Waals surface area contributed by atoms with Crippen molar-refractivity contribution in [1.82, 2.24) is 0 Å². The van der Waals surface area contributed by atoms with Gasteiger partial charge in [0.05, 0.1) is 5.70 Å². The first kappa shape index (κ1) is 20.2. The molecule has 1 aliphatic carbocycles. The van der Waals surface area contributed by atoms with Gasteiger partial charge < -0.3 is 10.0 Å². The van der Waals surface area contributed by atoms with Crippen molar-refractivity contribution in [2.24, 2.45) is 15.9 Å². The van der Waals surface area contributed by atoms with Crippen molar-refractivity contribution in [2.45, 2.75) is 40.2 Å². The van der Waals surface area contributed by atoms with Crippen LogP contribution in [-0.2, 0) is 0 Å². The van der Waals surface area contributed by atoms with Crippen molar-refractivity contribution >= 4 is 30.1 Å². The SMILES string of the molecule is CC/C(B(O)O)=c1/cccc/c1=C(C)\C(C)=N\C1=C(C)C=CC2C=CC=NC12. The van der Waals surface area contributed by atoms with E-state index in [1.54, 1.807) is 0 Å². The average Bonchev–Trinajstić information content (AvgIpc) is 2.70. The zero-order valence-corrected chi connectivity index (χ0v) is 16.9. The van der Waals surface area contributed by atoms with Crippen LogP contribution >= 0.6 is 0 Å². The zero-order chi connectivity index (χ0) is 20.3. The second-order valence-corrected chi connectivity index (χ2v) is 7.25. The van der Waals surface area contributed by atoms with Gasteiger partial charge >= 0.3 is 7.12 Å². The maximum Gasteiger partial charge on any atom is 0.484 e. The van der Waals surface area contributed by atoms with E-state index in [0.717, 1.165) is 33.0 Å². The van der Waals surface area contributed by atoms with E-state index in [2.05, 4.69) is 30.1 Å². The number of hydrogen-bond acceptors (Lipinski definition) is 4. The fourth-order valence-electron chi connectivity index (χ4n) is 3.74. The summed E-state index contributed by atoms with van der Waals surface area (Å²) in [7, 11) is -1.46. The molecule has 0 saturated carbocycles. The quantitative estimate of drug-likeness (QED) is 0.628. The third-order valence-corrected chi connectivity index (χ3v) is 5.48. The summed E-state index contributed by atoms with van der Waals surface area (Å²) < 4.78 is 0. The molecule has 4 nitrogen and oxygen atoms in total. The van der Waals surface area contributed by atoms with Crippen LogP contribution in [0.4, 0.5) is 0 Å². The first-order valence-corrected chi connectivity index (χ1v) is 9.73. The predicted molar refractivity (Wildman–Crippen MR) is 119 cm³/mol. The predicted octanol–water partition coefficient (Wildman–Crippen LogP) is 2.36. The number of allylic oxidation sites excluding steroid dienone is 3. The average molecular weight is 374 g/mol. The maximum atomic E-state index is 9.78. The Balaban J connectivity index is 2.16. The summed E-state index contributed by atoms with van der Waals surface area (Å²) in [4.78, 5) is 9.62. The lowest BCUT2D eigenvalue weighted by Gasteiger charge is -2.26. The lowest BCUT2D eigenvalue weighted by molar-refractivity contribution is 0.425. The van der Waals surface area contributed by atoms with Crippen LogP contribution in [-0.4, -0.2) is 35.1 Å². The molecule has 0 saturated heterocycles. The number of hydrogen-bond donors (Lipinski definition) is 2. The molecule has 1 aromatic rings. The van der Waals surface area contributed by atoms with E-state index in [1.807, 2.05) is 57.3 Å². The number of nitrogens with zero attached hydrogens (tertiary/aromatic N) is 2. The van der Waals surface area contributed by atoms with Crippen LogP contribution in [0.1, 0.15) is 34.1 Å². The Labute approximate surface area is 166 Å². The molecular formula is C23H27BN2O2. The smallest absolute Gasteiger partial charge is 0.423 e. The molecule has 0 fully saturated rings. The Bertz CT molecular complexity index is 1030. The third kappa shape index (κ3) is 4.01. The fourth-order valence-corrected chi connectivity index (χ4v) is 3.74. The van der Waals surface area contributed by atoms with Gasteiger partial charge in [0.1, 0.15) is 6.04 Å². The number of aliphatic imine (C=N–C) groups is 2. The van der Waals surface area contributed by atoms with Gasteiger partial charge in [-0.2, -0.15) is 0 Å². The van der Waals surface area contributed by atoms with Crippen LogP contribution in [0, 0.1) is 5.92 Å². The Hall–Kier alpha value is -2.50. The minimum atomic E-state index is -1.46. The second-order valence-electron chi connectivity index (χ2n) is 7.25. The van der Waals surface area contributed by atoms with E-state index in [9.17, 15) is 10.0 Å². The van der Waals surface area contributed by atoms with E-state index in [0.29, 0.717) is 11.9 Å². The normalized spacial score (nSPS) is 23.6. The highest BCUT2D eigenvalue weighted by Gasteiger charge is 2.26. The van der Waals surface area contributed by atoms with Gasteiger partial charge in [0.25, 0.3) is 0 Å². The molecule has 0 aromatic heterocycles. The molecule has 3 rings (SSSR count). The summed E-state index contributed by atoms with van der Waals surface area (Å²) in [6, 6.07) is 7.85. The Morgan fingerprint density at radius 2 is 1.86 bits per heavy atom. The van der Waals surface area contributed by atoms with E-state index in [-0.39, 0.29) is 12.0 Å². The number of fused-ring (bicyclic) bond motifs is 1. The van der Waals surface area contributed by atoms with Crippen LogP contribution in [0.5, 0.6) is 0 Å². The zero-order valence-electron chi connectivity index (χ0n) is 16.9. The molecule has 2 unspecified atom stereocenters. The Kier molecular flexibility index (Phi) is 6.27. The van der Waals surface area contributed by atoms with Gasteiger partial charge in [0.2, 0.25) is 0 Å². The first-order valence-electron chi connectivity index (χ1n) is 9.73. The van der Waals surface area contributed by atoms with Crippen LogP contribution in [0.2, 0.25) is 0 Å². The Morgan fingerprint density at radius 3 is 2.54 bits per heavy atom. The molecule has 0 spiro atoms. The molecule has 2 N–H and O–H groups in total. The molecule has 1 heterocycles.